The van der Waals surface area contributed by atoms with Gasteiger partial charge in [-0.25, -0.2) is 4.79 Å². The van der Waals surface area contributed by atoms with Gasteiger partial charge in [0.2, 0.25) is 0 Å². The van der Waals surface area contributed by atoms with Crippen molar-refractivity contribution in [3.8, 4) is 0 Å². The number of amides is 2. The lowest BCUT2D eigenvalue weighted by Crippen LogP contribution is -2.44. The third-order valence-corrected chi connectivity index (χ3v) is 3.98. The second-order valence-corrected chi connectivity index (χ2v) is 5.93. The molecule has 1 aliphatic rings. The van der Waals surface area contributed by atoms with Gasteiger partial charge >= 0.3 is 12.0 Å². The molecule has 6 heteroatoms. The van der Waals surface area contributed by atoms with Crippen molar-refractivity contribution in [2.24, 2.45) is 5.92 Å². The number of piperidine rings is 1. The molecule has 1 fully saturated rings. The van der Waals surface area contributed by atoms with E-state index in [9.17, 15) is 9.59 Å². The third kappa shape index (κ3) is 3.50. The number of nitrogens with zero attached hydrogens (tertiary/aromatic N) is 1. The average Bonchev–Trinajstić information content (AvgIpc) is 2.42. The molecule has 0 spiro atoms. The van der Waals surface area contributed by atoms with Gasteiger partial charge in [0, 0.05) is 23.2 Å². The summed E-state index contributed by atoms with van der Waals surface area (Å²) >= 11 is 3.37. The standard InChI is InChI=1S/C14H17BrN2O3/c1-9-7-11(15)4-5-12(9)16-14(20)17-6-2-3-10(8-17)13(18)19/h4-5,7,10H,2-3,6,8H2,1H3,(H,16,20)(H,18,19). The number of carbonyl (C=O) groups excluding carboxylic acids is 1. The number of urea groups is 1. The minimum absolute atomic E-state index is 0.235. The van der Waals surface area contributed by atoms with E-state index in [1.807, 2.05) is 25.1 Å². The van der Waals surface area contributed by atoms with Crippen LogP contribution in [0, 0.1) is 12.8 Å². The van der Waals surface area contributed by atoms with Gasteiger partial charge in [0.15, 0.2) is 0 Å². The number of carboxylic acids is 1. The lowest BCUT2D eigenvalue weighted by molar-refractivity contribution is -0.143. The Kier molecular flexibility index (Phi) is 4.65. The number of nitrogens with one attached hydrogen (secondary N) is 1. The van der Waals surface area contributed by atoms with Gasteiger partial charge in [0.05, 0.1) is 5.92 Å². The molecule has 0 aliphatic carbocycles. The quantitative estimate of drug-likeness (QED) is 0.869. The van der Waals surface area contributed by atoms with Gasteiger partial charge < -0.3 is 15.3 Å². The minimum Gasteiger partial charge on any atom is -0.481 e. The zero-order valence-corrected chi connectivity index (χ0v) is 12.8. The molecule has 0 aromatic heterocycles. The molecule has 0 bridgehead atoms. The predicted octanol–water partition coefficient (Wildman–Crippen LogP) is 3.09. The van der Waals surface area contributed by atoms with Crippen LogP contribution in [-0.2, 0) is 4.79 Å². The molecule has 5 nitrogen and oxygen atoms in total. The molecule has 0 radical (unpaired) electrons. The molecule has 1 aromatic carbocycles. The summed E-state index contributed by atoms with van der Waals surface area (Å²) in [6.07, 6.45) is 1.36. The molecule has 1 aliphatic heterocycles. The Morgan fingerprint density at radius 3 is 2.85 bits per heavy atom. The number of carbonyl (C=O) groups is 2. The average molecular weight is 341 g/mol. The normalized spacial score (nSPS) is 18.7. The van der Waals surface area contributed by atoms with E-state index in [1.54, 1.807) is 4.90 Å². The molecule has 1 aromatic rings. The molecule has 20 heavy (non-hydrogen) atoms. The lowest BCUT2D eigenvalue weighted by Gasteiger charge is -2.30. The van der Waals surface area contributed by atoms with Crippen LogP contribution in [0.5, 0.6) is 0 Å². The summed E-state index contributed by atoms with van der Waals surface area (Å²) in [5, 5.41) is 11.9. The van der Waals surface area contributed by atoms with Crippen molar-refractivity contribution < 1.29 is 14.7 Å². The van der Waals surface area contributed by atoms with E-state index in [1.165, 1.54) is 0 Å². The Hall–Kier alpha value is -1.56. The number of carboxylic acid groups (broad SMARTS) is 1. The number of anilines is 1. The highest BCUT2D eigenvalue weighted by atomic mass is 79.9. The van der Waals surface area contributed by atoms with Gasteiger partial charge in [-0.1, -0.05) is 15.9 Å². The molecule has 1 heterocycles. The van der Waals surface area contributed by atoms with E-state index < -0.39 is 11.9 Å². The van der Waals surface area contributed by atoms with Crippen molar-refractivity contribution in [2.45, 2.75) is 19.8 Å². The van der Waals surface area contributed by atoms with Crippen LogP contribution in [0.2, 0.25) is 0 Å². The van der Waals surface area contributed by atoms with Gasteiger partial charge in [-0.15, -0.1) is 0 Å². The SMILES string of the molecule is Cc1cc(Br)ccc1NC(=O)N1CCCC(C(=O)O)C1. The largest absolute Gasteiger partial charge is 0.481 e. The Balaban J connectivity index is 2.02. The van der Waals surface area contributed by atoms with Crippen molar-refractivity contribution >= 4 is 33.6 Å². The lowest BCUT2D eigenvalue weighted by atomic mass is 9.99. The monoisotopic (exact) mass is 340 g/mol. The number of halogens is 1. The van der Waals surface area contributed by atoms with Crippen molar-refractivity contribution in [2.75, 3.05) is 18.4 Å². The number of aliphatic carboxylic acids is 1. The fourth-order valence-corrected chi connectivity index (χ4v) is 2.80. The molecule has 2 N–H and O–H groups in total. The molecule has 108 valence electrons. The van der Waals surface area contributed by atoms with Crippen LogP contribution in [0.3, 0.4) is 0 Å². The number of likely N-dealkylation sites (tertiary alicyclic amines) is 1. The van der Waals surface area contributed by atoms with Crippen molar-refractivity contribution in [3.63, 3.8) is 0 Å². The van der Waals surface area contributed by atoms with Gasteiger partial charge in [-0.3, -0.25) is 4.79 Å². The number of aryl methyl sites for hydroxylation is 1. The number of hydrogen-bond acceptors (Lipinski definition) is 2. The van der Waals surface area contributed by atoms with E-state index >= 15 is 0 Å². The van der Waals surface area contributed by atoms with Crippen LogP contribution in [0.25, 0.3) is 0 Å². The van der Waals surface area contributed by atoms with E-state index in [2.05, 4.69) is 21.2 Å². The molecule has 2 rings (SSSR count). The van der Waals surface area contributed by atoms with Crippen LogP contribution >= 0.6 is 15.9 Å². The van der Waals surface area contributed by atoms with Crippen LogP contribution < -0.4 is 5.32 Å². The molecule has 1 unspecified atom stereocenters. The minimum atomic E-state index is -0.831. The first-order chi connectivity index (χ1) is 9.47. The highest BCUT2D eigenvalue weighted by molar-refractivity contribution is 9.10. The fourth-order valence-electron chi connectivity index (χ4n) is 2.32. The Morgan fingerprint density at radius 2 is 2.20 bits per heavy atom. The summed E-state index contributed by atoms with van der Waals surface area (Å²) in [5.41, 5.74) is 1.70. The number of rotatable bonds is 2. The molecular weight excluding hydrogens is 324 g/mol. The van der Waals surface area contributed by atoms with Crippen LogP contribution in [-0.4, -0.2) is 35.1 Å². The van der Waals surface area contributed by atoms with Gasteiger partial charge in [0.25, 0.3) is 0 Å². The molecule has 1 atom stereocenters. The van der Waals surface area contributed by atoms with E-state index in [0.717, 1.165) is 22.1 Å². The van der Waals surface area contributed by atoms with Crippen molar-refractivity contribution in [1.82, 2.24) is 4.90 Å². The maximum atomic E-state index is 12.2. The van der Waals surface area contributed by atoms with Crippen LogP contribution in [0.1, 0.15) is 18.4 Å². The van der Waals surface area contributed by atoms with E-state index in [0.29, 0.717) is 13.0 Å². The maximum absolute atomic E-state index is 12.2. The highest BCUT2D eigenvalue weighted by Gasteiger charge is 2.28. The topological polar surface area (TPSA) is 69.6 Å². The summed E-state index contributed by atoms with van der Waals surface area (Å²) < 4.78 is 0.955. The van der Waals surface area contributed by atoms with Gasteiger partial charge in [-0.05, 0) is 43.5 Å². The second-order valence-electron chi connectivity index (χ2n) is 5.01. The number of hydrogen-bond donors (Lipinski definition) is 2. The Labute approximate surface area is 126 Å². The van der Waals surface area contributed by atoms with Crippen LogP contribution in [0.4, 0.5) is 10.5 Å². The molecule has 0 saturated carbocycles. The van der Waals surface area contributed by atoms with Gasteiger partial charge in [0.1, 0.15) is 0 Å². The first-order valence-corrected chi connectivity index (χ1v) is 7.31. The predicted molar refractivity (Wildman–Crippen MR) is 79.8 cm³/mol. The summed E-state index contributed by atoms with van der Waals surface area (Å²) in [6.45, 7) is 2.79. The Bertz CT molecular complexity index is 533. The number of benzene rings is 1. The highest BCUT2D eigenvalue weighted by Crippen LogP contribution is 2.22. The van der Waals surface area contributed by atoms with E-state index in [4.69, 9.17) is 5.11 Å². The second kappa shape index (κ2) is 6.26. The first kappa shape index (κ1) is 14.8. The zero-order chi connectivity index (χ0) is 14.7. The van der Waals surface area contributed by atoms with E-state index in [-0.39, 0.29) is 12.6 Å². The molecule has 1 saturated heterocycles. The zero-order valence-electron chi connectivity index (χ0n) is 11.2. The summed E-state index contributed by atoms with van der Waals surface area (Å²) in [7, 11) is 0. The third-order valence-electron chi connectivity index (χ3n) is 3.49. The maximum Gasteiger partial charge on any atom is 0.321 e. The smallest absolute Gasteiger partial charge is 0.321 e. The summed E-state index contributed by atoms with van der Waals surface area (Å²) in [4.78, 5) is 24.8. The summed E-state index contributed by atoms with van der Waals surface area (Å²) in [6, 6.07) is 5.38. The molecular formula is C14H17BrN2O3. The van der Waals surface area contributed by atoms with Crippen molar-refractivity contribution in [3.05, 3.63) is 28.2 Å². The Morgan fingerprint density at radius 1 is 1.45 bits per heavy atom. The molecule has 2 amide bonds. The van der Waals surface area contributed by atoms with Crippen LogP contribution in [0.15, 0.2) is 22.7 Å². The van der Waals surface area contributed by atoms with Gasteiger partial charge in [-0.2, -0.15) is 0 Å². The van der Waals surface area contributed by atoms with Crippen molar-refractivity contribution in [1.29, 1.82) is 0 Å². The summed E-state index contributed by atoms with van der Waals surface area (Å²) in [5.74, 6) is -1.29. The first-order valence-electron chi connectivity index (χ1n) is 6.52. The fraction of sp³-hybridized carbons (Fsp3) is 0.429.